The van der Waals surface area contributed by atoms with Crippen LogP contribution in [0, 0.1) is 0 Å². The number of ether oxygens (including phenoxy) is 3. The van der Waals surface area contributed by atoms with Crippen molar-refractivity contribution in [3.63, 3.8) is 0 Å². The van der Waals surface area contributed by atoms with Gasteiger partial charge in [-0.2, -0.15) is 5.10 Å². The van der Waals surface area contributed by atoms with Crippen LogP contribution in [0.25, 0.3) is 11.1 Å². The number of nitrogens with zero attached hydrogens (tertiary/aromatic N) is 1. The van der Waals surface area contributed by atoms with Crippen LogP contribution >= 0.6 is 0 Å². The van der Waals surface area contributed by atoms with Crippen molar-refractivity contribution < 1.29 is 14.2 Å². The molecule has 3 N–H and O–H groups in total. The summed E-state index contributed by atoms with van der Waals surface area (Å²) in [5.41, 5.74) is 8.59. The number of aromatic amines is 1. The average Bonchev–Trinajstić information content (AvgIpc) is 2.86. The summed E-state index contributed by atoms with van der Waals surface area (Å²) in [4.78, 5) is 0. The van der Waals surface area contributed by atoms with Crippen molar-refractivity contribution >= 4 is 5.82 Å². The molecule has 0 amide bonds. The minimum atomic E-state index is 0.423. The molecular formula is C13H15N3O3. The van der Waals surface area contributed by atoms with E-state index in [0.29, 0.717) is 25.6 Å². The summed E-state index contributed by atoms with van der Waals surface area (Å²) in [5, 5.41) is 6.68. The highest BCUT2D eigenvalue weighted by Gasteiger charge is 2.21. The molecule has 0 spiro atoms. The number of nitrogen functional groups attached to an aromatic ring is 1. The van der Waals surface area contributed by atoms with Gasteiger partial charge in [-0.05, 0) is 17.7 Å². The van der Waals surface area contributed by atoms with Crippen molar-refractivity contribution in [1.82, 2.24) is 10.2 Å². The Labute approximate surface area is 110 Å². The maximum Gasteiger partial charge on any atom is 0.167 e. The Kier molecular flexibility index (Phi) is 3.00. The molecule has 6 nitrogen and oxygen atoms in total. The standard InChI is InChI=1S/C13H15N3O3/c1-17-7-10-8(9-6-15-16-13(9)14)2-3-11-12(10)19-5-4-18-11/h2-3,6H,4-5,7H2,1H3,(H3,14,15,16). The number of nitrogens with one attached hydrogen (secondary N) is 1. The Morgan fingerprint density at radius 3 is 2.89 bits per heavy atom. The predicted molar refractivity (Wildman–Crippen MR) is 70.1 cm³/mol. The van der Waals surface area contributed by atoms with Crippen LogP contribution in [0.15, 0.2) is 18.3 Å². The highest BCUT2D eigenvalue weighted by atomic mass is 16.6. The molecule has 1 aliphatic heterocycles. The van der Waals surface area contributed by atoms with Crippen molar-refractivity contribution in [2.24, 2.45) is 0 Å². The average molecular weight is 261 g/mol. The molecule has 2 aromatic rings. The lowest BCUT2D eigenvalue weighted by atomic mass is 10.0. The maximum absolute atomic E-state index is 5.88. The molecule has 0 unspecified atom stereocenters. The molecule has 19 heavy (non-hydrogen) atoms. The summed E-state index contributed by atoms with van der Waals surface area (Å²) in [6, 6.07) is 3.83. The van der Waals surface area contributed by atoms with Gasteiger partial charge in [-0.1, -0.05) is 0 Å². The minimum Gasteiger partial charge on any atom is -0.486 e. The molecule has 0 radical (unpaired) electrons. The topological polar surface area (TPSA) is 82.4 Å². The number of anilines is 1. The van der Waals surface area contributed by atoms with Crippen molar-refractivity contribution in [2.75, 3.05) is 26.1 Å². The Morgan fingerprint density at radius 2 is 2.16 bits per heavy atom. The molecule has 0 bridgehead atoms. The summed E-state index contributed by atoms with van der Waals surface area (Å²) in [6.45, 7) is 1.52. The first-order valence-corrected chi connectivity index (χ1v) is 6.01. The zero-order valence-electron chi connectivity index (χ0n) is 10.6. The van der Waals surface area contributed by atoms with Crippen molar-refractivity contribution in [1.29, 1.82) is 0 Å². The molecule has 100 valence electrons. The van der Waals surface area contributed by atoms with Gasteiger partial charge in [0.1, 0.15) is 19.0 Å². The molecule has 1 aromatic heterocycles. The maximum atomic E-state index is 5.88. The number of nitrogens with two attached hydrogens (primary N) is 1. The smallest absolute Gasteiger partial charge is 0.167 e. The molecule has 2 heterocycles. The summed E-state index contributed by atoms with van der Waals surface area (Å²) in [6.07, 6.45) is 1.69. The highest BCUT2D eigenvalue weighted by molar-refractivity contribution is 5.78. The third-order valence-electron chi connectivity index (χ3n) is 3.06. The van der Waals surface area contributed by atoms with Crippen LogP contribution in [-0.2, 0) is 11.3 Å². The fourth-order valence-electron chi connectivity index (χ4n) is 2.22. The van der Waals surface area contributed by atoms with E-state index in [-0.39, 0.29) is 0 Å². The lowest BCUT2D eigenvalue weighted by molar-refractivity contribution is 0.153. The van der Waals surface area contributed by atoms with Crippen molar-refractivity contribution in [3.8, 4) is 22.6 Å². The highest BCUT2D eigenvalue weighted by Crippen LogP contribution is 2.41. The molecule has 1 aromatic carbocycles. The van der Waals surface area contributed by atoms with E-state index in [1.807, 2.05) is 12.1 Å². The number of hydrogen-bond acceptors (Lipinski definition) is 5. The SMILES string of the molecule is COCc1c(-c2cn[nH]c2N)ccc2c1OCCO2. The molecule has 3 rings (SSSR count). The molecule has 0 saturated carbocycles. The number of aromatic nitrogens is 2. The van der Waals surface area contributed by atoms with Crippen LogP contribution in [0.2, 0.25) is 0 Å². The van der Waals surface area contributed by atoms with Gasteiger partial charge in [0.05, 0.1) is 12.8 Å². The van der Waals surface area contributed by atoms with Crippen LogP contribution in [0.3, 0.4) is 0 Å². The second-order valence-corrected chi connectivity index (χ2v) is 4.25. The fourth-order valence-corrected chi connectivity index (χ4v) is 2.22. The van der Waals surface area contributed by atoms with Gasteiger partial charge in [0, 0.05) is 18.2 Å². The zero-order chi connectivity index (χ0) is 13.2. The predicted octanol–water partition coefficient (Wildman–Crippen LogP) is 1.58. The second-order valence-electron chi connectivity index (χ2n) is 4.25. The number of methoxy groups -OCH3 is 1. The van der Waals surface area contributed by atoms with Gasteiger partial charge >= 0.3 is 0 Å². The number of H-pyrrole nitrogens is 1. The Hall–Kier alpha value is -2.21. The number of benzene rings is 1. The first-order chi connectivity index (χ1) is 9.31. The van der Waals surface area contributed by atoms with Gasteiger partial charge in [0.15, 0.2) is 11.5 Å². The normalized spacial score (nSPS) is 13.5. The van der Waals surface area contributed by atoms with E-state index < -0.39 is 0 Å². The monoisotopic (exact) mass is 261 g/mol. The fraction of sp³-hybridized carbons (Fsp3) is 0.308. The van der Waals surface area contributed by atoms with Crippen LogP contribution in [-0.4, -0.2) is 30.5 Å². The largest absolute Gasteiger partial charge is 0.486 e. The Bertz CT molecular complexity index is 595. The second kappa shape index (κ2) is 4.81. The molecule has 0 saturated heterocycles. The lowest BCUT2D eigenvalue weighted by Crippen LogP contribution is -2.17. The van der Waals surface area contributed by atoms with Gasteiger partial charge < -0.3 is 19.9 Å². The molecule has 0 fully saturated rings. The van der Waals surface area contributed by atoms with Crippen LogP contribution in [0.5, 0.6) is 11.5 Å². The Morgan fingerprint density at radius 1 is 1.32 bits per heavy atom. The number of hydrogen-bond donors (Lipinski definition) is 2. The van der Waals surface area contributed by atoms with Crippen molar-refractivity contribution in [2.45, 2.75) is 6.61 Å². The summed E-state index contributed by atoms with van der Waals surface area (Å²) >= 11 is 0. The third-order valence-corrected chi connectivity index (χ3v) is 3.06. The van der Waals surface area contributed by atoms with E-state index in [0.717, 1.165) is 28.2 Å². The zero-order valence-corrected chi connectivity index (χ0v) is 10.6. The summed E-state index contributed by atoms with van der Waals surface area (Å²) in [7, 11) is 1.64. The first-order valence-electron chi connectivity index (χ1n) is 6.01. The third kappa shape index (κ3) is 2.00. The number of rotatable bonds is 3. The molecule has 0 aliphatic carbocycles. The van der Waals surface area contributed by atoms with Crippen LogP contribution in [0.1, 0.15) is 5.56 Å². The van der Waals surface area contributed by atoms with E-state index in [1.54, 1.807) is 13.3 Å². The van der Waals surface area contributed by atoms with E-state index >= 15 is 0 Å². The van der Waals surface area contributed by atoms with E-state index in [4.69, 9.17) is 19.9 Å². The van der Waals surface area contributed by atoms with Gasteiger partial charge in [0.2, 0.25) is 0 Å². The van der Waals surface area contributed by atoms with Gasteiger partial charge in [-0.25, -0.2) is 0 Å². The lowest BCUT2D eigenvalue weighted by Gasteiger charge is -2.22. The summed E-state index contributed by atoms with van der Waals surface area (Å²) < 4.78 is 16.6. The quantitative estimate of drug-likeness (QED) is 0.876. The first kappa shape index (κ1) is 11.9. The molecule has 0 atom stereocenters. The molecule has 6 heteroatoms. The molecular weight excluding hydrogens is 246 g/mol. The van der Waals surface area contributed by atoms with E-state index in [1.165, 1.54) is 0 Å². The van der Waals surface area contributed by atoms with Crippen LogP contribution < -0.4 is 15.2 Å². The minimum absolute atomic E-state index is 0.423. The van der Waals surface area contributed by atoms with Crippen molar-refractivity contribution in [3.05, 3.63) is 23.9 Å². The number of fused-ring (bicyclic) bond motifs is 1. The summed E-state index contributed by atoms with van der Waals surface area (Å²) in [5.74, 6) is 1.99. The van der Waals surface area contributed by atoms with Crippen LogP contribution in [0.4, 0.5) is 5.82 Å². The van der Waals surface area contributed by atoms with E-state index in [2.05, 4.69) is 10.2 Å². The van der Waals surface area contributed by atoms with Gasteiger partial charge in [-0.15, -0.1) is 0 Å². The Balaban J connectivity index is 2.16. The van der Waals surface area contributed by atoms with Gasteiger partial charge in [0.25, 0.3) is 0 Å². The van der Waals surface area contributed by atoms with Gasteiger partial charge in [-0.3, -0.25) is 5.10 Å². The van der Waals surface area contributed by atoms with E-state index in [9.17, 15) is 0 Å². The molecule has 1 aliphatic rings.